The minimum absolute atomic E-state index is 0.209. The lowest BCUT2D eigenvalue weighted by Gasteiger charge is -2.27. The minimum atomic E-state index is -4.65. The van der Waals surface area contributed by atoms with Crippen LogP contribution in [0.1, 0.15) is 30.5 Å². The predicted molar refractivity (Wildman–Crippen MR) is 110 cm³/mol. The van der Waals surface area contributed by atoms with E-state index in [1.165, 1.54) is 0 Å². The molecular formula is C22H21F3N2O3S. The van der Waals surface area contributed by atoms with Crippen LogP contribution in [0, 0.1) is 0 Å². The van der Waals surface area contributed by atoms with Gasteiger partial charge in [0.25, 0.3) is 0 Å². The topological polar surface area (TPSA) is 79.3 Å². The van der Waals surface area contributed by atoms with E-state index in [9.17, 15) is 26.7 Å². The van der Waals surface area contributed by atoms with Crippen LogP contribution in [0.15, 0.2) is 71.9 Å². The Balaban J connectivity index is 1.96. The van der Waals surface area contributed by atoms with E-state index >= 15 is 0 Å². The van der Waals surface area contributed by atoms with Crippen LogP contribution in [-0.2, 0) is 28.3 Å². The van der Waals surface area contributed by atoms with Gasteiger partial charge in [-0.1, -0.05) is 24.3 Å². The smallest absolute Gasteiger partial charge is 0.392 e. The molecule has 1 heterocycles. The van der Waals surface area contributed by atoms with Crippen molar-refractivity contribution in [1.82, 2.24) is 9.71 Å². The number of aromatic nitrogens is 1. The Hall–Kier alpha value is -2.75. The molecule has 3 aromatic rings. The molecule has 1 aromatic heterocycles. The van der Waals surface area contributed by atoms with Crippen LogP contribution in [0.3, 0.4) is 0 Å². The maximum absolute atomic E-state index is 13.0. The fraction of sp³-hybridized carbons (Fsp3) is 0.227. The summed E-state index contributed by atoms with van der Waals surface area (Å²) in [6.07, 6.45) is -1.52. The number of nitrogens with one attached hydrogen (secondary N) is 1. The number of rotatable bonds is 6. The van der Waals surface area contributed by atoms with Gasteiger partial charge in [0.15, 0.2) is 0 Å². The minimum Gasteiger partial charge on any atom is -0.392 e. The third kappa shape index (κ3) is 5.12. The summed E-state index contributed by atoms with van der Waals surface area (Å²) < 4.78 is 67.1. The maximum Gasteiger partial charge on any atom is 0.416 e. The molecule has 0 aliphatic carbocycles. The summed E-state index contributed by atoms with van der Waals surface area (Å²) >= 11 is 0. The third-order valence-electron chi connectivity index (χ3n) is 4.83. The van der Waals surface area contributed by atoms with Crippen LogP contribution in [0.25, 0.3) is 11.1 Å². The van der Waals surface area contributed by atoms with E-state index in [0.717, 1.165) is 29.3 Å². The molecule has 3 rings (SSSR count). The zero-order valence-electron chi connectivity index (χ0n) is 16.8. The van der Waals surface area contributed by atoms with Crippen LogP contribution in [0.2, 0.25) is 0 Å². The molecule has 0 radical (unpaired) electrons. The Kier molecular flexibility index (Phi) is 6.22. The van der Waals surface area contributed by atoms with E-state index in [0.29, 0.717) is 17.2 Å². The van der Waals surface area contributed by atoms with E-state index < -0.39 is 32.2 Å². The van der Waals surface area contributed by atoms with Crippen LogP contribution in [0.5, 0.6) is 0 Å². The molecule has 0 amide bonds. The quantitative estimate of drug-likeness (QED) is 0.581. The van der Waals surface area contributed by atoms with Gasteiger partial charge in [-0.2, -0.15) is 13.2 Å². The first-order valence-electron chi connectivity index (χ1n) is 9.30. The monoisotopic (exact) mass is 450 g/mol. The van der Waals surface area contributed by atoms with Crippen molar-refractivity contribution in [3.05, 3.63) is 83.7 Å². The number of aliphatic hydroxyl groups is 1. The number of alkyl halides is 3. The summed E-state index contributed by atoms with van der Waals surface area (Å²) in [4.78, 5) is 3.52. The van der Waals surface area contributed by atoms with Gasteiger partial charge in [0.1, 0.15) is 0 Å². The Morgan fingerprint density at radius 1 is 1.00 bits per heavy atom. The van der Waals surface area contributed by atoms with Crippen molar-refractivity contribution in [1.29, 1.82) is 0 Å². The van der Waals surface area contributed by atoms with Gasteiger partial charge in [0.2, 0.25) is 10.0 Å². The molecule has 9 heteroatoms. The van der Waals surface area contributed by atoms with Gasteiger partial charge in [0, 0.05) is 18.0 Å². The van der Waals surface area contributed by atoms with E-state index in [2.05, 4.69) is 9.71 Å². The maximum atomic E-state index is 13.0. The molecule has 164 valence electrons. The molecule has 0 aliphatic heterocycles. The van der Waals surface area contributed by atoms with Gasteiger partial charge in [0.05, 0.1) is 22.6 Å². The number of hydrogen-bond acceptors (Lipinski definition) is 4. The molecular weight excluding hydrogens is 429 g/mol. The van der Waals surface area contributed by atoms with Gasteiger partial charge < -0.3 is 5.11 Å². The van der Waals surface area contributed by atoms with Crippen LogP contribution >= 0.6 is 0 Å². The summed E-state index contributed by atoms with van der Waals surface area (Å²) in [6, 6.07) is 12.4. The Morgan fingerprint density at radius 2 is 1.68 bits per heavy atom. The van der Waals surface area contributed by atoms with Gasteiger partial charge in [-0.25, -0.2) is 13.1 Å². The second-order valence-electron chi connectivity index (χ2n) is 7.53. The lowest BCUT2D eigenvalue weighted by molar-refractivity contribution is -0.137. The first-order chi connectivity index (χ1) is 14.4. The van der Waals surface area contributed by atoms with E-state index in [1.807, 2.05) is 6.07 Å². The molecule has 0 bridgehead atoms. The highest BCUT2D eigenvalue weighted by Crippen LogP contribution is 2.32. The molecule has 2 N–H and O–H groups in total. The summed E-state index contributed by atoms with van der Waals surface area (Å²) in [5, 5.41) is 9.56. The van der Waals surface area contributed by atoms with Crippen LogP contribution in [-0.4, -0.2) is 18.5 Å². The zero-order chi connectivity index (χ0) is 22.9. The second kappa shape index (κ2) is 8.41. The molecule has 0 fully saturated rings. The highest BCUT2D eigenvalue weighted by atomic mass is 32.2. The fourth-order valence-corrected chi connectivity index (χ4v) is 4.65. The number of sulfonamides is 1. The summed E-state index contributed by atoms with van der Waals surface area (Å²) in [7, 11) is -4.24. The molecule has 0 saturated carbocycles. The lowest BCUT2D eigenvalue weighted by Crippen LogP contribution is -2.41. The van der Waals surface area contributed by atoms with E-state index in [1.54, 1.807) is 50.5 Å². The highest BCUT2D eigenvalue weighted by molar-refractivity contribution is 7.89. The Morgan fingerprint density at radius 3 is 2.35 bits per heavy atom. The largest absolute Gasteiger partial charge is 0.416 e. The van der Waals surface area contributed by atoms with Gasteiger partial charge >= 0.3 is 6.18 Å². The SMILES string of the molecule is CC(C)(NS(=O)(=O)c1cccc(C(F)(F)F)c1)c1cccc(-c2ccncc2CO)c1. The van der Waals surface area contributed by atoms with E-state index in [4.69, 9.17) is 0 Å². The Bertz CT molecular complexity index is 1190. The number of halogens is 3. The normalized spacial score (nSPS) is 12.7. The van der Waals surface area contributed by atoms with Crippen LogP contribution in [0.4, 0.5) is 13.2 Å². The molecule has 31 heavy (non-hydrogen) atoms. The van der Waals surface area contributed by atoms with E-state index in [-0.39, 0.29) is 6.61 Å². The van der Waals surface area contributed by atoms with Gasteiger partial charge in [-0.05, 0) is 60.9 Å². The molecule has 0 atom stereocenters. The zero-order valence-corrected chi connectivity index (χ0v) is 17.6. The number of hydrogen-bond donors (Lipinski definition) is 2. The predicted octanol–water partition coefficient (Wildman–Crippen LogP) is 4.47. The van der Waals surface area contributed by atoms with Crippen molar-refractivity contribution in [2.75, 3.05) is 0 Å². The summed E-state index contributed by atoms with van der Waals surface area (Å²) in [5.41, 5.74) is 0.536. The molecule has 0 aliphatic rings. The summed E-state index contributed by atoms with van der Waals surface area (Å²) in [6.45, 7) is 3.03. The Labute approximate surface area is 178 Å². The molecule has 2 aromatic carbocycles. The number of aliphatic hydroxyl groups excluding tert-OH is 1. The van der Waals surface area contributed by atoms with Crippen LogP contribution < -0.4 is 4.72 Å². The van der Waals surface area contributed by atoms with Crippen molar-refractivity contribution < 1.29 is 26.7 Å². The average molecular weight is 450 g/mol. The van der Waals surface area contributed by atoms with Crippen molar-refractivity contribution in [2.45, 2.75) is 37.1 Å². The molecule has 5 nitrogen and oxygen atoms in total. The first kappa shape index (κ1) is 22.9. The summed E-state index contributed by atoms with van der Waals surface area (Å²) in [5.74, 6) is 0. The highest BCUT2D eigenvalue weighted by Gasteiger charge is 2.33. The first-order valence-corrected chi connectivity index (χ1v) is 10.8. The lowest BCUT2D eigenvalue weighted by atomic mass is 9.91. The second-order valence-corrected chi connectivity index (χ2v) is 9.21. The fourth-order valence-electron chi connectivity index (χ4n) is 3.20. The molecule has 0 spiro atoms. The molecule has 0 saturated heterocycles. The van der Waals surface area contributed by atoms with Crippen molar-refractivity contribution in [3.8, 4) is 11.1 Å². The number of benzene rings is 2. The average Bonchev–Trinajstić information content (AvgIpc) is 2.72. The number of nitrogens with zero attached hydrogens (tertiary/aromatic N) is 1. The van der Waals surface area contributed by atoms with Gasteiger partial charge in [-0.3, -0.25) is 4.98 Å². The standard InChI is InChI=1S/C22H21F3N2O3S/c1-21(2,27-31(29,30)19-8-4-7-18(12-19)22(23,24)25)17-6-3-5-15(11-17)20-9-10-26-13-16(20)14-28/h3-13,27-28H,14H2,1-2H3. The third-order valence-corrected chi connectivity index (χ3v) is 6.48. The number of pyridine rings is 1. The van der Waals surface area contributed by atoms with Gasteiger partial charge in [-0.15, -0.1) is 0 Å². The molecule has 0 unspecified atom stereocenters. The van der Waals surface area contributed by atoms with Crippen molar-refractivity contribution >= 4 is 10.0 Å². The van der Waals surface area contributed by atoms with Crippen molar-refractivity contribution in [3.63, 3.8) is 0 Å². The van der Waals surface area contributed by atoms with Crippen molar-refractivity contribution in [2.24, 2.45) is 0 Å².